The minimum absolute atomic E-state index is 0.909. The van der Waals surface area contributed by atoms with E-state index >= 15 is 0 Å². The molecular formula is C56H32O2. The van der Waals surface area contributed by atoms with E-state index in [9.17, 15) is 0 Å². The number of fused-ring (bicyclic) bond motifs is 14. The Morgan fingerprint density at radius 2 is 0.759 bits per heavy atom. The molecule has 0 aliphatic rings. The lowest BCUT2D eigenvalue weighted by molar-refractivity contribution is 0.669. The van der Waals surface area contributed by atoms with Crippen molar-refractivity contribution in [2.75, 3.05) is 0 Å². The van der Waals surface area contributed by atoms with Crippen LogP contribution in [0.1, 0.15) is 0 Å². The molecule has 0 aliphatic carbocycles. The smallest absolute Gasteiger partial charge is 0.143 e. The van der Waals surface area contributed by atoms with Gasteiger partial charge in [-0.2, -0.15) is 0 Å². The SMILES string of the molecule is c1ccc2cc3c(cc2c1)oc1c2ccc(-c4ccc(-c5c6ccccc6c(-c6ccc7oc8ccccc8c7c6)c6ccccc56)cc4)cc2c2ccccc2c31. The molecule has 0 fully saturated rings. The van der Waals surface area contributed by atoms with Crippen LogP contribution in [0.5, 0.6) is 0 Å². The molecular weight excluding hydrogens is 705 g/mol. The average Bonchev–Trinajstić information content (AvgIpc) is 3.85. The summed E-state index contributed by atoms with van der Waals surface area (Å²) in [7, 11) is 0. The normalized spacial score (nSPS) is 12.1. The second-order valence-electron chi connectivity index (χ2n) is 15.5. The Kier molecular flexibility index (Phi) is 6.47. The van der Waals surface area contributed by atoms with Crippen LogP contribution in [0, 0.1) is 0 Å². The van der Waals surface area contributed by atoms with Gasteiger partial charge in [0, 0.05) is 26.9 Å². The molecule has 2 nitrogen and oxygen atoms in total. The molecule has 13 aromatic rings. The van der Waals surface area contributed by atoms with E-state index in [2.05, 4.69) is 182 Å². The van der Waals surface area contributed by atoms with Gasteiger partial charge in [-0.3, -0.25) is 0 Å². The number of hydrogen-bond acceptors (Lipinski definition) is 2. The zero-order chi connectivity index (χ0) is 37.9. The Bertz CT molecular complexity index is 3790. The van der Waals surface area contributed by atoms with Crippen LogP contribution >= 0.6 is 0 Å². The first-order valence-electron chi connectivity index (χ1n) is 19.9. The third kappa shape index (κ3) is 4.48. The van der Waals surface area contributed by atoms with Crippen LogP contribution < -0.4 is 0 Å². The first-order valence-corrected chi connectivity index (χ1v) is 19.9. The predicted octanol–water partition coefficient (Wildman–Crippen LogP) is 16.3. The highest BCUT2D eigenvalue weighted by Gasteiger charge is 2.20. The first-order chi connectivity index (χ1) is 28.7. The van der Waals surface area contributed by atoms with Crippen molar-refractivity contribution in [1.82, 2.24) is 0 Å². The number of para-hydroxylation sites is 1. The van der Waals surface area contributed by atoms with Gasteiger partial charge in [0.05, 0.1) is 0 Å². The van der Waals surface area contributed by atoms with Gasteiger partial charge in [-0.25, -0.2) is 0 Å². The van der Waals surface area contributed by atoms with Crippen LogP contribution in [0.15, 0.2) is 203 Å². The zero-order valence-electron chi connectivity index (χ0n) is 31.3. The van der Waals surface area contributed by atoms with Gasteiger partial charge < -0.3 is 8.83 Å². The maximum absolute atomic E-state index is 6.73. The summed E-state index contributed by atoms with van der Waals surface area (Å²) in [5.74, 6) is 0. The summed E-state index contributed by atoms with van der Waals surface area (Å²) in [5, 5.41) is 16.7. The van der Waals surface area contributed by atoms with E-state index in [1.165, 1.54) is 87.2 Å². The Balaban J connectivity index is 0.968. The number of benzene rings is 11. The maximum Gasteiger partial charge on any atom is 0.143 e. The van der Waals surface area contributed by atoms with E-state index in [0.29, 0.717) is 0 Å². The van der Waals surface area contributed by atoms with Gasteiger partial charge in [0.25, 0.3) is 0 Å². The molecule has 0 radical (unpaired) electrons. The molecule has 0 atom stereocenters. The van der Waals surface area contributed by atoms with Crippen molar-refractivity contribution in [3.63, 3.8) is 0 Å². The van der Waals surface area contributed by atoms with Gasteiger partial charge in [-0.15, -0.1) is 0 Å². The van der Waals surface area contributed by atoms with E-state index in [0.717, 1.165) is 43.9 Å². The van der Waals surface area contributed by atoms with E-state index in [4.69, 9.17) is 8.83 Å². The van der Waals surface area contributed by atoms with Gasteiger partial charge in [0.15, 0.2) is 0 Å². The third-order valence-electron chi connectivity index (χ3n) is 12.4. The van der Waals surface area contributed by atoms with Crippen molar-refractivity contribution in [2.24, 2.45) is 0 Å². The highest BCUT2D eigenvalue weighted by atomic mass is 16.3. The zero-order valence-corrected chi connectivity index (χ0v) is 31.3. The second kappa shape index (κ2) is 11.9. The lowest BCUT2D eigenvalue weighted by Gasteiger charge is -2.18. The largest absolute Gasteiger partial charge is 0.456 e. The lowest BCUT2D eigenvalue weighted by atomic mass is 9.85. The molecule has 0 saturated carbocycles. The molecule has 0 bridgehead atoms. The highest BCUT2D eigenvalue weighted by Crippen LogP contribution is 2.46. The Morgan fingerprint density at radius 1 is 0.241 bits per heavy atom. The molecule has 0 spiro atoms. The summed E-state index contributed by atoms with van der Waals surface area (Å²) in [6, 6.07) is 70.4. The van der Waals surface area contributed by atoms with E-state index in [1.807, 2.05) is 12.1 Å². The van der Waals surface area contributed by atoms with Gasteiger partial charge >= 0.3 is 0 Å². The van der Waals surface area contributed by atoms with Crippen LogP contribution in [0.3, 0.4) is 0 Å². The molecule has 0 aliphatic heterocycles. The van der Waals surface area contributed by atoms with Crippen LogP contribution in [-0.2, 0) is 0 Å². The predicted molar refractivity (Wildman–Crippen MR) is 245 cm³/mol. The fourth-order valence-electron chi connectivity index (χ4n) is 9.78. The van der Waals surface area contributed by atoms with Crippen molar-refractivity contribution < 1.29 is 8.83 Å². The van der Waals surface area contributed by atoms with Crippen molar-refractivity contribution in [1.29, 1.82) is 0 Å². The number of rotatable bonds is 3. The molecule has 2 aromatic heterocycles. The summed E-state index contributed by atoms with van der Waals surface area (Å²) < 4.78 is 12.9. The van der Waals surface area contributed by atoms with Crippen molar-refractivity contribution >= 4 is 97.7 Å². The summed E-state index contributed by atoms with van der Waals surface area (Å²) in [5.41, 5.74) is 10.9. The van der Waals surface area contributed by atoms with E-state index in [-0.39, 0.29) is 0 Å². The molecule has 0 N–H and O–H groups in total. The van der Waals surface area contributed by atoms with Crippen molar-refractivity contribution in [3.8, 4) is 33.4 Å². The molecule has 2 heteroatoms. The summed E-state index contributed by atoms with van der Waals surface area (Å²) >= 11 is 0. The Labute approximate surface area is 332 Å². The molecule has 13 rings (SSSR count). The monoisotopic (exact) mass is 736 g/mol. The molecule has 58 heavy (non-hydrogen) atoms. The van der Waals surface area contributed by atoms with Crippen molar-refractivity contribution in [3.05, 3.63) is 194 Å². The maximum atomic E-state index is 6.73. The van der Waals surface area contributed by atoms with Gasteiger partial charge in [-0.1, -0.05) is 152 Å². The van der Waals surface area contributed by atoms with Crippen LogP contribution in [0.25, 0.3) is 131 Å². The van der Waals surface area contributed by atoms with Gasteiger partial charge in [-0.05, 0) is 124 Å². The van der Waals surface area contributed by atoms with E-state index < -0.39 is 0 Å². The van der Waals surface area contributed by atoms with Crippen LogP contribution in [0.2, 0.25) is 0 Å². The van der Waals surface area contributed by atoms with Crippen LogP contribution in [0.4, 0.5) is 0 Å². The lowest BCUT2D eigenvalue weighted by Crippen LogP contribution is -1.91. The standard InChI is InChI=1S/C56H32O2/c1-2-12-36-32-52-49(30-35(36)11-1)55-41-15-4-3-13-39(41)47-29-37(25-27-46(47)56(55)58-52)33-21-23-34(24-22-33)53-42-16-5-7-18-44(42)54(45-19-8-6-17-43(45)53)38-26-28-51-48(31-38)40-14-9-10-20-50(40)57-51/h1-32H. The molecule has 0 amide bonds. The summed E-state index contributed by atoms with van der Waals surface area (Å²) in [4.78, 5) is 0. The fourth-order valence-corrected chi connectivity index (χ4v) is 9.78. The summed E-state index contributed by atoms with van der Waals surface area (Å²) in [6.45, 7) is 0. The molecule has 0 unspecified atom stereocenters. The Morgan fingerprint density at radius 3 is 1.48 bits per heavy atom. The minimum atomic E-state index is 0.909. The van der Waals surface area contributed by atoms with Crippen LogP contribution in [-0.4, -0.2) is 0 Å². The van der Waals surface area contributed by atoms with E-state index in [1.54, 1.807) is 0 Å². The molecule has 268 valence electrons. The molecule has 0 saturated heterocycles. The molecule has 2 heterocycles. The number of hydrogen-bond donors (Lipinski definition) is 0. The van der Waals surface area contributed by atoms with Gasteiger partial charge in [0.1, 0.15) is 22.3 Å². The summed E-state index contributed by atoms with van der Waals surface area (Å²) in [6.07, 6.45) is 0. The second-order valence-corrected chi connectivity index (χ2v) is 15.5. The fraction of sp³-hybridized carbons (Fsp3) is 0. The first kappa shape index (κ1) is 31.5. The number of furan rings is 2. The topological polar surface area (TPSA) is 26.3 Å². The quantitative estimate of drug-likeness (QED) is 0.133. The Hall–Kier alpha value is -7.68. The van der Waals surface area contributed by atoms with Gasteiger partial charge in [0.2, 0.25) is 0 Å². The third-order valence-corrected chi connectivity index (χ3v) is 12.4. The average molecular weight is 737 g/mol. The molecule has 11 aromatic carbocycles. The minimum Gasteiger partial charge on any atom is -0.456 e. The highest BCUT2D eigenvalue weighted by molar-refractivity contribution is 6.31. The van der Waals surface area contributed by atoms with Crippen molar-refractivity contribution in [2.45, 2.75) is 0 Å².